The number of carboxylic acids is 1. The SMILES string of the molecule is C=C[C@@H](OCc1ccc(OC)cc1)[C@@H](O)[C@H](C)C(=O)O. The van der Waals surface area contributed by atoms with E-state index in [1.807, 2.05) is 12.1 Å². The van der Waals surface area contributed by atoms with Crippen LogP contribution < -0.4 is 4.74 Å². The maximum Gasteiger partial charge on any atom is 0.308 e. The Kier molecular flexibility index (Phi) is 6.21. The van der Waals surface area contributed by atoms with Crippen LogP contribution in [-0.4, -0.2) is 35.5 Å². The normalized spacial score (nSPS) is 15.2. The van der Waals surface area contributed by atoms with Crippen LogP contribution in [0, 0.1) is 5.92 Å². The number of rotatable bonds is 8. The summed E-state index contributed by atoms with van der Waals surface area (Å²) in [6.07, 6.45) is -0.459. The summed E-state index contributed by atoms with van der Waals surface area (Å²) in [6, 6.07) is 7.29. The van der Waals surface area contributed by atoms with E-state index in [4.69, 9.17) is 14.6 Å². The lowest BCUT2D eigenvalue weighted by Gasteiger charge is -2.23. The molecule has 5 nitrogen and oxygen atoms in total. The molecule has 0 amide bonds. The lowest BCUT2D eigenvalue weighted by Crippen LogP contribution is -2.36. The van der Waals surface area contributed by atoms with E-state index in [2.05, 4.69) is 6.58 Å². The Morgan fingerprint density at radius 2 is 2.00 bits per heavy atom. The van der Waals surface area contributed by atoms with Gasteiger partial charge in [-0.05, 0) is 24.6 Å². The molecular formula is C15H20O5. The van der Waals surface area contributed by atoms with Crippen LogP contribution in [0.2, 0.25) is 0 Å². The van der Waals surface area contributed by atoms with Gasteiger partial charge in [0.1, 0.15) is 11.9 Å². The quantitative estimate of drug-likeness (QED) is 0.711. The predicted octanol–water partition coefficient (Wildman–Crippen LogP) is 1.85. The minimum absolute atomic E-state index is 0.254. The number of aliphatic hydroxyl groups is 1. The number of carbonyl (C=O) groups is 1. The number of hydrogen-bond donors (Lipinski definition) is 2. The highest BCUT2D eigenvalue weighted by Crippen LogP contribution is 2.16. The summed E-state index contributed by atoms with van der Waals surface area (Å²) in [6.45, 7) is 5.25. The molecule has 1 rings (SSSR count). The zero-order chi connectivity index (χ0) is 15.1. The van der Waals surface area contributed by atoms with Crippen molar-refractivity contribution in [3.8, 4) is 5.75 Å². The topological polar surface area (TPSA) is 76.0 Å². The van der Waals surface area contributed by atoms with E-state index in [-0.39, 0.29) is 6.61 Å². The summed E-state index contributed by atoms with van der Waals surface area (Å²) in [5.74, 6) is -1.25. The molecule has 2 N–H and O–H groups in total. The van der Waals surface area contributed by atoms with Crippen LogP contribution in [0.1, 0.15) is 12.5 Å². The van der Waals surface area contributed by atoms with Crippen LogP contribution >= 0.6 is 0 Å². The van der Waals surface area contributed by atoms with E-state index >= 15 is 0 Å². The van der Waals surface area contributed by atoms with E-state index in [9.17, 15) is 9.90 Å². The largest absolute Gasteiger partial charge is 0.497 e. The van der Waals surface area contributed by atoms with Crippen LogP contribution in [0.5, 0.6) is 5.75 Å². The molecule has 0 radical (unpaired) electrons. The molecule has 0 aliphatic rings. The third-order valence-electron chi connectivity index (χ3n) is 3.07. The maximum absolute atomic E-state index is 10.8. The van der Waals surface area contributed by atoms with Crippen molar-refractivity contribution in [2.24, 2.45) is 5.92 Å². The van der Waals surface area contributed by atoms with Gasteiger partial charge in [-0.1, -0.05) is 18.2 Å². The van der Waals surface area contributed by atoms with E-state index in [1.165, 1.54) is 13.0 Å². The molecule has 20 heavy (non-hydrogen) atoms. The van der Waals surface area contributed by atoms with Crippen LogP contribution in [0.15, 0.2) is 36.9 Å². The standard InChI is InChI=1S/C15H20O5/c1-4-13(14(16)10(2)15(17)18)20-9-11-5-7-12(19-3)8-6-11/h4-8,10,13-14,16H,1,9H2,2-3H3,(H,17,18)/t10-,13+,14-/m0/s1. The summed E-state index contributed by atoms with van der Waals surface area (Å²) in [5.41, 5.74) is 0.896. The second kappa shape index (κ2) is 7.67. The molecule has 0 aliphatic carbocycles. The monoisotopic (exact) mass is 280 g/mol. The summed E-state index contributed by atoms with van der Waals surface area (Å²) in [7, 11) is 1.59. The van der Waals surface area contributed by atoms with Gasteiger partial charge in [-0.25, -0.2) is 0 Å². The minimum Gasteiger partial charge on any atom is -0.497 e. The van der Waals surface area contributed by atoms with Gasteiger partial charge >= 0.3 is 5.97 Å². The van der Waals surface area contributed by atoms with Gasteiger partial charge < -0.3 is 19.7 Å². The highest BCUT2D eigenvalue weighted by Gasteiger charge is 2.28. The van der Waals surface area contributed by atoms with Crippen molar-refractivity contribution < 1.29 is 24.5 Å². The summed E-state index contributed by atoms with van der Waals surface area (Å²) in [4.78, 5) is 10.8. The Bertz CT molecular complexity index is 440. The fraction of sp³-hybridized carbons (Fsp3) is 0.400. The first-order valence-electron chi connectivity index (χ1n) is 6.27. The van der Waals surface area contributed by atoms with Crippen molar-refractivity contribution in [2.75, 3.05) is 7.11 Å². The molecule has 0 heterocycles. The molecular weight excluding hydrogens is 260 g/mol. The molecule has 5 heteroatoms. The van der Waals surface area contributed by atoms with Crippen LogP contribution in [-0.2, 0) is 16.1 Å². The van der Waals surface area contributed by atoms with Gasteiger partial charge in [0, 0.05) is 0 Å². The first-order chi connectivity index (χ1) is 9.49. The molecule has 0 aliphatic heterocycles. The average molecular weight is 280 g/mol. The molecule has 0 fully saturated rings. The zero-order valence-electron chi connectivity index (χ0n) is 11.7. The smallest absolute Gasteiger partial charge is 0.308 e. The third-order valence-corrected chi connectivity index (χ3v) is 3.07. The number of hydrogen-bond acceptors (Lipinski definition) is 4. The lowest BCUT2D eigenvalue weighted by molar-refractivity contribution is -0.148. The molecule has 0 saturated heterocycles. The Hall–Kier alpha value is -1.85. The fourth-order valence-corrected chi connectivity index (χ4v) is 1.65. The molecule has 0 aromatic heterocycles. The van der Waals surface area contributed by atoms with Gasteiger partial charge in [0.05, 0.1) is 25.7 Å². The van der Waals surface area contributed by atoms with Crippen molar-refractivity contribution in [3.05, 3.63) is 42.5 Å². The van der Waals surface area contributed by atoms with Crippen molar-refractivity contribution in [3.63, 3.8) is 0 Å². The van der Waals surface area contributed by atoms with Gasteiger partial charge in [0.2, 0.25) is 0 Å². The Morgan fingerprint density at radius 3 is 2.45 bits per heavy atom. The Morgan fingerprint density at radius 1 is 1.40 bits per heavy atom. The fourth-order valence-electron chi connectivity index (χ4n) is 1.65. The summed E-state index contributed by atoms with van der Waals surface area (Å²) in [5, 5.41) is 18.8. The molecule has 1 aromatic rings. The van der Waals surface area contributed by atoms with Crippen molar-refractivity contribution >= 4 is 5.97 Å². The number of carboxylic acid groups (broad SMARTS) is 1. The van der Waals surface area contributed by atoms with E-state index in [0.29, 0.717) is 0 Å². The third kappa shape index (κ3) is 4.36. The molecule has 110 valence electrons. The zero-order valence-corrected chi connectivity index (χ0v) is 11.7. The maximum atomic E-state index is 10.8. The predicted molar refractivity (Wildman–Crippen MR) is 74.6 cm³/mol. The van der Waals surface area contributed by atoms with Gasteiger partial charge in [-0.15, -0.1) is 6.58 Å². The number of benzene rings is 1. The summed E-state index contributed by atoms with van der Waals surface area (Å²) >= 11 is 0. The van der Waals surface area contributed by atoms with E-state index in [1.54, 1.807) is 19.2 Å². The summed E-state index contributed by atoms with van der Waals surface area (Å²) < 4.78 is 10.6. The van der Waals surface area contributed by atoms with Crippen LogP contribution in [0.4, 0.5) is 0 Å². The van der Waals surface area contributed by atoms with Crippen molar-refractivity contribution in [2.45, 2.75) is 25.7 Å². The lowest BCUT2D eigenvalue weighted by atomic mass is 10.00. The first-order valence-corrected chi connectivity index (χ1v) is 6.27. The Balaban J connectivity index is 2.60. The van der Waals surface area contributed by atoms with Crippen LogP contribution in [0.25, 0.3) is 0 Å². The number of aliphatic carboxylic acids is 1. The van der Waals surface area contributed by atoms with Gasteiger partial charge in [0.15, 0.2) is 0 Å². The first kappa shape index (κ1) is 16.2. The molecule has 0 spiro atoms. The minimum atomic E-state index is -1.14. The highest BCUT2D eigenvalue weighted by atomic mass is 16.5. The van der Waals surface area contributed by atoms with Crippen LogP contribution in [0.3, 0.4) is 0 Å². The van der Waals surface area contributed by atoms with Gasteiger partial charge in [-0.2, -0.15) is 0 Å². The molecule has 0 unspecified atom stereocenters. The molecule has 3 atom stereocenters. The highest BCUT2D eigenvalue weighted by molar-refractivity contribution is 5.70. The van der Waals surface area contributed by atoms with Gasteiger partial charge in [-0.3, -0.25) is 4.79 Å². The number of aliphatic hydroxyl groups excluding tert-OH is 1. The Labute approximate surface area is 118 Å². The second-order valence-electron chi connectivity index (χ2n) is 4.48. The number of ether oxygens (including phenoxy) is 2. The van der Waals surface area contributed by atoms with Crippen molar-refractivity contribution in [1.29, 1.82) is 0 Å². The average Bonchev–Trinajstić information content (AvgIpc) is 2.47. The van der Waals surface area contributed by atoms with Gasteiger partial charge in [0.25, 0.3) is 0 Å². The van der Waals surface area contributed by atoms with E-state index < -0.39 is 24.1 Å². The molecule has 0 bridgehead atoms. The molecule has 1 aromatic carbocycles. The molecule has 0 saturated carbocycles. The number of methoxy groups -OCH3 is 1. The van der Waals surface area contributed by atoms with E-state index in [0.717, 1.165) is 11.3 Å². The van der Waals surface area contributed by atoms with Crippen molar-refractivity contribution in [1.82, 2.24) is 0 Å². The second-order valence-corrected chi connectivity index (χ2v) is 4.48.